The number of aryl methyl sites for hydroxylation is 3. The Labute approximate surface area is 151 Å². The quantitative estimate of drug-likeness (QED) is 0.705. The van der Waals surface area contributed by atoms with Gasteiger partial charge in [-0.1, -0.05) is 24.2 Å². The molecule has 7 nitrogen and oxygen atoms in total. The summed E-state index contributed by atoms with van der Waals surface area (Å²) < 4.78 is 12.7. The van der Waals surface area contributed by atoms with Crippen molar-refractivity contribution < 1.29 is 14.1 Å². The molecule has 0 aliphatic rings. The number of hydrogen-bond acceptors (Lipinski definition) is 5. The fourth-order valence-electron chi connectivity index (χ4n) is 2.55. The molecular weight excluding hydrogens is 332 g/mol. The lowest BCUT2D eigenvalue weighted by molar-refractivity contribution is 0.0939. The zero-order chi connectivity index (χ0) is 18.5. The van der Waals surface area contributed by atoms with Gasteiger partial charge in [0.15, 0.2) is 5.69 Å². The van der Waals surface area contributed by atoms with Crippen LogP contribution in [0.1, 0.15) is 39.9 Å². The maximum Gasteiger partial charge on any atom is 0.274 e. The molecule has 2 heterocycles. The van der Waals surface area contributed by atoms with Gasteiger partial charge in [-0.3, -0.25) is 9.48 Å². The summed E-state index contributed by atoms with van der Waals surface area (Å²) in [6.45, 7) is 4.46. The third-order valence-corrected chi connectivity index (χ3v) is 4.13. The van der Waals surface area contributed by atoms with Gasteiger partial charge in [0.05, 0.1) is 11.8 Å². The van der Waals surface area contributed by atoms with Gasteiger partial charge in [-0.15, -0.1) is 0 Å². The monoisotopic (exact) mass is 354 g/mol. The number of ether oxygens (including phenoxy) is 1. The van der Waals surface area contributed by atoms with Crippen LogP contribution in [0.2, 0.25) is 0 Å². The molecule has 0 saturated heterocycles. The summed E-state index contributed by atoms with van der Waals surface area (Å²) in [5.74, 6) is 1.01. The maximum atomic E-state index is 12.4. The molecule has 0 spiro atoms. The van der Waals surface area contributed by atoms with E-state index in [1.54, 1.807) is 17.8 Å². The average Bonchev–Trinajstić information content (AvgIpc) is 3.24. The molecule has 3 aromatic rings. The molecule has 0 unspecified atom stereocenters. The molecule has 136 valence electrons. The van der Waals surface area contributed by atoms with E-state index in [2.05, 4.69) is 22.5 Å². The van der Waals surface area contributed by atoms with Crippen molar-refractivity contribution in [3.05, 3.63) is 64.8 Å². The van der Waals surface area contributed by atoms with E-state index in [0.29, 0.717) is 17.9 Å². The predicted molar refractivity (Wildman–Crippen MR) is 95.8 cm³/mol. The van der Waals surface area contributed by atoms with Crippen LogP contribution >= 0.6 is 0 Å². The standard InChI is InChI=1S/C19H22N4O3/c1-4-14-5-7-16(8-6-14)25-12-17-13(2)26-22-18(17)19(24)20-9-15-10-21-23(3)11-15/h5-8,10-11H,4,9,12H2,1-3H3,(H,20,24). The first-order valence-electron chi connectivity index (χ1n) is 8.49. The number of nitrogens with one attached hydrogen (secondary N) is 1. The van der Waals surface area contributed by atoms with Crippen LogP contribution in [0.3, 0.4) is 0 Å². The molecular formula is C19H22N4O3. The van der Waals surface area contributed by atoms with Crippen LogP contribution in [-0.2, 0) is 26.6 Å². The van der Waals surface area contributed by atoms with Gasteiger partial charge >= 0.3 is 0 Å². The van der Waals surface area contributed by atoms with Gasteiger partial charge in [-0.05, 0) is 31.0 Å². The molecule has 7 heteroatoms. The van der Waals surface area contributed by atoms with E-state index in [9.17, 15) is 4.79 Å². The lowest BCUT2D eigenvalue weighted by atomic mass is 10.1. The van der Waals surface area contributed by atoms with Crippen LogP contribution in [0.15, 0.2) is 41.2 Å². The van der Waals surface area contributed by atoms with Crippen molar-refractivity contribution in [1.29, 1.82) is 0 Å². The Morgan fingerprint density at radius 1 is 1.27 bits per heavy atom. The number of carbonyl (C=O) groups is 1. The molecule has 0 radical (unpaired) electrons. The van der Waals surface area contributed by atoms with Crippen LogP contribution in [0, 0.1) is 6.92 Å². The molecule has 2 aromatic heterocycles. The van der Waals surface area contributed by atoms with Crippen molar-refractivity contribution in [3.63, 3.8) is 0 Å². The van der Waals surface area contributed by atoms with Crippen molar-refractivity contribution in [2.75, 3.05) is 0 Å². The fraction of sp³-hybridized carbons (Fsp3) is 0.316. The molecule has 3 rings (SSSR count). The van der Waals surface area contributed by atoms with E-state index >= 15 is 0 Å². The molecule has 0 bridgehead atoms. The van der Waals surface area contributed by atoms with Gasteiger partial charge in [-0.25, -0.2) is 0 Å². The highest BCUT2D eigenvalue weighted by Gasteiger charge is 2.20. The van der Waals surface area contributed by atoms with Crippen LogP contribution < -0.4 is 10.1 Å². The normalized spacial score (nSPS) is 10.7. The van der Waals surface area contributed by atoms with E-state index < -0.39 is 0 Å². The molecule has 0 fully saturated rings. The molecule has 0 atom stereocenters. The third-order valence-electron chi connectivity index (χ3n) is 4.13. The summed E-state index contributed by atoms with van der Waals surface area (Å²) >= 11 is 0. The highest BCUT2D eigenvalue weighted by atomic mass is 16.5. The number of aromatic nitrogens is 3. The predicted octanol–water partition coefficient (Wildman–Crippen LogP) is 2.79. The Balaban J connectivity index is 1.64. The molecule has 1 amide bonds. The first kappa shape index (κ1) is 17.7. The Hall–Kier alpha value is -3.09. The number of rotatable bonds is 7. The molecule has 0 aliphatic carbocycles. The van der Waals surface area contributed by atoms with Gasteiger partial charge in [0.1, 0.15) is 18.1 Å². The summed E-state index contributed by atoms with van der Waals surface area (Å²) in [6, 6.07) is 7.89. The summed E-state index contributed by atoms with van der Waals surface area (Å²) in [5, 5.41) is 10.8. The van der Waals surface area contributed by atoms with Crippen molar-refractivity contribution in [2.24, 2.45) is 7.05 Å². The lowest BCUT2D eigenvalue weighted by Gasteiger charge is -2.07. The molecule has 1 N–H and O–H groups in total. The van der Waals surface area contributed by atoms with Gasteiger partial charge < -0.3 is 14.6 Å². The van der Waals surface area contributed by atoms with Gasteiger partial charge in [-0.2, -0.15) is 5.10 Å². The summed E-state index contributed by atoms with van der Waals surface area (Å²) in [7, 11) is 1.83. The molecule has 0 aliphatic heterocycles. The summed E-state index contributed by atoms with van der Waals surface area (Å²) in [6.07, 6.45) is 4.53. The first-order chi connectivity index (χ1) is 12.6. The third kappa shape index (κ3) is 4.11. The second-order valence-corrected chi connectivity index (χ2v) is 6.06. The smallest absolute Gasteiger partial charge is 0.274 e. The van der Waals surface area contributed by atoms with E-state index in [1.165, 1.54) is 5.56 Å². The van der Waals surface area contributed by atoms with E-state index in [4.69, 9.17) is 9.26 Å². The summed E-state index contributed by atoms with van der Waals surface area (Å²) in [4.78, 5) is 12.4. The first-order valence-corrected chi connectivity index (χ1v) is 8.49. The minimum atomic E-state index is -0.300. The van der Waals surface area contributed by atoms with Crippen LogP contribution in [-0.4, -0.2) is 20.8 Å². The molecule has 1 aromatic carbocycles. The molecule has 0 saturated carbocycles. The molecule has 26 heavy (non-hydrogen) atoms. The van der Waals surface area contributed by atoms with E-state index in [0.717, 1.165) is 17.7 Å². The summed E-state index contributed by atoms with van der Waals surface area (Å²) in [5.41, 5.74) is 3.05. The van der Waals surface area contributed by atoms with E-state index in [-0.39, 0.29) is 18.2 Å². The van der Waals surface area contributed by atoms with Crippen LogP contribution in [0.4, 0.5) is 0 Å². The van der Waals surface area contributed by atoms with Gasteiger partial charge in [0.25, 0.3) is 5.91 Å². The van der Waals surface area contributed by atoms with E-state index in [1.807, 2.05) is 37.5 Å². The highest BCUT2D eigenvalue weighted by molar-refractivity contribution is 5.93. The van der Waals surface area contributed by atoms with Gasteiger partial charge in [0.2, 0.25) is 0 Å². The van der Waals surface area contributed by atoms with Crippen LogP contribution in [0.25, 0.3) is 0 Å². The largest absolute Gasteiger partial charge is 0.489 e. The number of amides is 1. The number of nitrogens with zero attached hydrogens (tertiary/aromatic N) is 3. The Kier molecular flexibility index (Phi) is 5.36. The number of hydrogen-bond donors (Lipinski definition) is 1. The highest BCUT2D eigenvalue weighted by Crippen LogP contribution is 2.19. The van der Waals surface area contributed by atoms with Crippen LogP contribution in [0.5, 0.6) is 5.75 Å². The van der Waals surface area contributed by atoms with Crippen molar-refractivity contribution in [3.8, 4) is 5.75 Å². The zero-order valence-corrected chi connectivity index (χ0v) is 15.2. The zero-order valence-electron chi connectivity index (χ0n) is 15.2. The Bertz CT molecular complexity index is 881. The minimum absolute atomic E-state index is 0.219. The SMILES string of the molecule is CCc1ccc(OCc2c(C(=O)NCc3cnn(C)c3)noc2C)cc1. The number of benzene rings is 1. The average molecular weight is 354 g/mol. The number of carbonyl (C=O) groups excluding carboxylic acids is 1. The lowest BCUT2D eigenvalue weighted by Crippen LogP contribution is -2.24. The minimum Gasteiger partial charge on any atom is -0.489 e. The fourth-order valence-corrected chi connectivity index (χ4v) is 2.55. The van der Waals surface area contributed by atoms with Crippen molar-refractivity contribution in [2.45, 2.75) is 33.4 Å². The topological polar surface area (TPSA) is 82.2 Å². The second-order valence-electron chi connectivity index (χ2n) is 6.06. The Morgan fingerprint density at radius 2 is 2.04 bits per heavy atom. The maximum absolute atomic E-state index is 12.4. The van der Waals surface area contributed by atoms with Gasteiger partial charge in [0, 0.05) is 25.4 Å². The Morgan fingerprint density at radius 3 is 2.69 bits per heavy atom. The second kappa shape index (κ2) is 7.86. The van der Waals surface area contributed by atoms with Crippen molar-refractivity contribution in [1.82, 2.24) is 20.3 Å². The van der Waals surface area contributed by atoms with Crippen molar-refractivity contribution >= 4 is 5.91 Å².